The smallest absolute Gasteiger partial charge is 0.325 e. The van der Waals surface area contributed by atoms with Gasteiger partial charge in [-0.05, 0) is 48.2 Å². The van der Waals surface area contributed by atoms with Gasteiger partial charge in [0, 0.05) is 15.3 Å². The summed E-state index contributed by atoms with van der Waals surface area (Å²) in [7, 11) is -4.02. The highest BCUT2D eigenvalue weighted by molar-refractivity contribution is 7.91. The number of halogens is 1. The molecule has 1 aromatic heterocycles. The summed E-state index contributed by atoms with van der Waals surface area (Å²) in [5.41, 5.74) is -0.668. The van der Waals surface area contributed by atoms with Gasteiger partial charge in [-0.15, -0.1) is 11.3 Å². The lowest BCUT2D eigenvalue weighted by molar-refractivity contribution is -0.140. The van der Waals surface area contributed by atoms with Gasteiger partial charge in [0.2, 0.25) is 0 Å². The lowest BCUT2D eigenvalue weighted by Crippen LogP contribution is -2.48. The molecule has 0 bridgehead atoms. The molecule has 1 heterocycles. The van der Waals surface area contributed by atoms with Crippen molar-refractivity contribution in [3.8, 4) is 10.4 Å². The van der Waals surface area contributed by atoms with E-state index in [4.69, 9.17) is 11.6 Å². The molecule has 2 aromatic carbocycles. The van der Waals surface area contributed by atoms with Crippen LogP contribution < -0.4 is 4.72 Å². The molecule has 30 heavy (non-hydrogen) atoms. The second kappa shape index (κ2) is 7.50. The topological polar surface area (TPSA) is 83.5 Å². The number of sulfonamides is 1. The molecule has 0 amide bonds. The van der Waals surface area contributed by atoms with Crippen molar-refractivity contribution in [2.75, 3.05) is 0 Å². The third kappa shape index (κ3) is 3.36. The normalized spacial score (nSPS) is 23.3. The number of aliphatic carboxylic acids is 1. The van der Waals surface area contributed by atoms with Crippen molar-refractivity contribution in [1.29, 1.82) is 0 Å². The number of nitrogens with one attached hydrogen (secondary N) is 1. The molecule has 1 aliphatic rings. The Morgan fingerprint density at radius 1 is 1.10 bits per heavy atom. The molecule has 8 heteroatoms. The molecule has 0 radical (unpaired) electrons. The van der Waals surface area contributed by atoms with Crippen LogP contribution >= 0.6 is 22.9 Å². The lowest BCUT2D eigenvalue weighted by atomic mass is 9.88. The zero-order valence-electron chi connectivity index (χ0n) is 16.1. The van der Waals surface area contributed by atoms with Gasteiger partial charge in [0.25, 0.3) is 10.0 Å². The minimum absolute atomic E-state index is 0.0815. The van der Waals surface area contributed by atoms with Crippen molar-refractivity contribution < 1.29 is 18.3 Å². The number of carboxylic acids is 1. The molecule has 0 spiro atoms. The van der Waals surface area contributed by atoms with E-state index in [1.165, 1.54) is 6.07 Å². The molecule has 1 fully saturated rings. The number of carbonyl (C=O) groups is 1. The van der Waals surface area contributed by atoms with Crippen LogP contribution in [0.2, 0.25) is 5.02 Å². The van der Waals surface area contributed by atoms with Crippen molar-refractivity contribution in [2.24, 2.45) is 0 Å². The van der Waals surface area contributed by atoms with Crippen LogP contribution in [0.3, 0.4) is 0 Å². The Kier molecular flexibility index (Phi) is 5.26. The van der Waals surface area contributed by atoms with Crippen LogP contribution in [0.15, 0.2) is 70.9 Å². The van der Waals surface area contributed by atoms with Gasteiger partial charge in [-0.25, -0.2) is 8.42 Å². The van der Waals surface area contributed by atoms with Crippen LogP contribution in [-0.2, 0) is 20.2 Å². The van der Waals surface area contributed by atoms with Crippen molar-refractivity contribution in [3.05, 3.63) is 77.3 Å². The van der Waals surface area contributed by atoms with Gasteiger partial charge >= 0.3 is 5.97 Å². The maximum atomic E-state index is 13.1. The molecule has 0 aliphatic heterocycles. The van der Waals surface area contributed by atoms with Crippen molar-refractivity contribution >= 4 is 38.9 Å². The van der Waals surface area contributed by atoms with Gasteiger partial charge < -0.3 is 5.11 Å². The summed E-state index contributed by atoms with van der Waals surface area (Å²) in [5.74, 6) is -1.16. The zero-order chi connectivity index (χ0) is 21.6. The minimum Gasteiger partial charge on any atom is -0.480 e. The molecular weight excluding hydrogens is 442 g/mol. The number of carboxylic acid groups (broad SMARTS) is 1. The Morgan fingerprint density at radius 2 is 1.77 bits per heavy atom. The summed E-state index contributed by atoms with van der Waals surface area (Å²) in [6.45, 7) is 1.88. The highest BCUT2D eigenvalue weighted by atomic mass is 35.5. The maximum absolute atomic E-state index is 13.1. The Balaban J connectivity index is 1.67. The largest absolute Gasteiger partial charge is 0.480 e. The van der Waals surface area contributed by atoms with E-state index in [1.807, 2.05) is 49.4 Å². The first-order valence-corrected chi connectivity index (χ1v) is 12.1. The molecule has 2 atom stereocenters. The first-order chi connectivity index (χ1) is 14.2. The average Bonchev–Trinajstić information content (AvgIpc) is 3.12. The maximum Gasteiger partial charge on any atom is 0.325 e. The van der Waals surface area contributed by atoms with Gasteiger partial charge in [-0.1, -0.05) is 61.0 Å². The summed E-state index contributed by atoms with van der Waals surface area (Å²) in [6.07, 6.45) is 0.719. The molecule has 3 aromatic rings. The predicted molar refractivity (Wildman–Crippen MR) is 118 cm³/mol. The van der Waals surface area contributed by atoms with Gasteiger partial charge in [-0.3, -0.25) is 4.79 Å². The molecule has 0 unspecified atom stereocenters. The van der Waals surface area contributed by atoms with E-state index >= 15 is 0 Å². The lowest BCUT2D eigenvalue weighted by Gasteiger charge is -2.23. The Morgan fingerprint density at radius 3 is 2.37 bits per heavy atom. The fourth-order valence-electron chi connectivity index (χ4n) is 4.12. The van der Waals surface area contributed by atoms with Gasteiger partial charge in [-0.2, -0.15) is 4.72 Å². The fourth-order valence-corrected chi connectivity index (χ4v) is 6.98. The first kappa shape index (κ1) is 21.1. The first-order valence-electron chi connectivity index (χ1n) is 9.43. The van der Waals surface area contributed by atoms with E-state index in [0.29, 0.717) is 11.4 Å². The summed E-state index contributed by atoms with van der Waals surface area (Å²) in [6, 6.07) is 19.6. The van der Waals surface area contributed by atoms with Crippen molar-refractivity contribution in [2.45, 2.75) is 34.9 Å². The van der Waals surface area contributed by atoms with Crippen LogP contribution in [0.4, 0.5) is 0 Å². The van der Waals surface area contributed by atoms with Crippen LogP contribution in [0.5, 0.6) is 0 Å². The predicted octanol–water partition coefficient (Wildman–Crippen LogP) is 4.92. The number of rotatable bonds is 7. The Hall–Kier alpha value is -2.19. The molecule has 4 rings (SSSR count). The van der Waals surface area contributed by atoms with Gasteiger partial charge in [0.05, 0.1) is 0 Å². The molecule has 0 saturated heterocycles. The van der Waals surface area contributed by atoms with E-state index in [1.54, 1.807) is 18.2 Å². The Bertz CT molecular complexity index is 1190. The van der Waals surface area contributed by atoms with E-state index in [0.717, 1.165) is 27.3 Å². The molecule has 1 aliphatic carbocycles. The zero-order valence-corrected chi connectivity index (χ0v) is 18.5. The van der Waals surface area contributed by atoms with E-state index in [9.17, 15) is 18.3 Å². The molecule has 5 nitrogen and oxygen atoms in total. The second-order valence-electron chi connectivity index (χ2n) is 7.42. The number of benzene rings is 2. The number of hydrogen-bond donors (Lipinski definition) is 2. The summed E-state index contributed by atoms with van der Waals surface area (Å²) < 4.78 is 28.9. The summed E-state index contributed by atoms with van der Waals surface area (Å²) in [5, 5.41) is 10.6. The third-order valence-electron chi connectivity index (χ3n) is 5.84. The SMILES string of the molecule is CC[C@@]1(c2ccccc2)C[C@]1(NS(=O)(=O)c1ccc(-c2ccc(Cl)cc2)s1)C(=O)O. The minimum atomic E-state index is -4.02. The number of hydrogen-bond acceptors (Lipinski definition) is 4. The van der Waals surface area contributed by atoms with Crippen LogP contribution in [0, 0.1) is 0 Å². The van der Waals surface area contributed by atoms with E-state index in [-0.39, 0.29) is 10.6 Å². The van der Waals surface area contributed by atoms with Crippen LogP contribution in [0.25, 0.3) is 10.4 Å². The van der Waals surface area contributed by atoms with Crippen molar-refractivity contribution in [3.63, 3.8) is 0 Å². The number of thiophene rings is 1. The monoisotopic (exact) mass is 461 g/mol. The third-order valence-corrected chi connectivity index (χ3v) is 9.21. The molecule has 1 saturated carbocycles. The highest BCUT2D eigenvalue weighted by Crippen LogP contribution is 2.60. The van der Waals surface area contributed by atoms with Gasteiger partial charge in [0.1, 0.15) is 9.75 Å². The standard InChI is InChI=1S/C22H20ClNO4S2/c1-2-21(16-6-4-3-5-7-16)14-22(21,20(25)26)24-30(27,28)19-13-12-18(29-19)15-8-10-17(23)11-9-15/h3-13,24H,2,14H2,1H3,(H,25,26)/t21-,22-/m0/s1. The van der Waals surface area contributed by atoms with E-state index < -0.39 is 26.9 Å². The van der Waals surface area contributed by atoms with E-state index in [2.05, 4.69) is 4.72 Å². The van der Waals surface area contributed by atoms with Crippen LogP contribution in [0.1, 0.15) is 25.3 Å². The van der Waals surface area contributed by atoms with Gasteiger partial charge in [0.15, 0.2) is 0 Å². The average molecular weight is 462 g/mol. The highest BCUT2D eigenvalue weighted by Gasteiger charge is 2.73. The molecule has 2 N–H and O–H groups in total. The molecular formula is C22H20ClNO4S2. The fraction of sp³-hybridized carbons (Fsp3) is 0.227. The van der Waals surface area contributed by atoms with Crippen molar-refractivity contribution in [1.82, 2.24) is 4.72 Å². The second-order valence-corrected chi connectivity index (χ2v) is 10.8. The quantitative estimate of drug-likeness (QED) is 0.523. The molecule has 156 valence electrons. The van der Waals surface area contributed by atoms with Crippen LogP contribution in [-0.4, -0.2) is 25.0 Å². The summed E-state index contributed by atoms with van der Waals surface area (Å²) in [4.78, 5) is 13.0. The Labute approximate surface area is 184 Å². The summed E-state index contributed by atoms with van der Waals surface area (Å²) >= 11 is 7.02.